The van der Waals surface area contributed by atoms with Crippen LogP contribution in [0.1, 0.15) is 32.9 Å². The molecule has 3 rings (SSSR count). The number of nitrogens with zero attached hydrogens (tertiary/aromatic N) is 6. The van der Waals surface area contributed by atoms with Crippen molar-refractivity contribution >= 4 is 28.3 Å². The lowest BCUT2D eigenvalue weighted by Gasteiger charge is -2.39. The summed E-state index contributed by atoms with van der Waals surface area (Å²) in [6, 6.07) is 0. The molecule has 1 aromatic heterocycles. The molecule has 1 N–H and O–H groups in total. The summed E-state index contributed by atoms with van der Waals surface area (Å²) >= 11 is 1.64. The zero-order valence-electron chi connectivity index (χ0n) is 19.8. The molecule has 1 amide bonds. The van der Waals surface area contributed by atoms with E-state index in [0.29, 0.717) is 24.9 Å². The molecular formula is C22H39N7OS. The lowest BCUT2D eigenvalue weighted by Crippen LogP contribution is -2.55. The van der Waals surface area contributed by atoms with Gasteiger partial charge in [-0.1, -0.05) is 13.8 Å². The fraction of sp³-hybridized carbons (Fsp3) is 0.773. The second-order valence-corrected chi connectivity index (χ2v) is 10.0. The summed E-state index contributed by atoms with van der Waals surface area (Å²) in [6.07, 6.45) is 1.23. The highest BCUT2D eigenvalue weighted by molar-refractivity contribution is 7.13. The molecule has 9 heteroatoms. The van der Waals surface area contributed by atoms with Gasteiger partial charge in [0.25, 0.3) is 0 Å². The van der Waals surface area contributed by atoms with Crippen molar-refractivity contribution in [1.29, 1.82) is 0 Å². The number of likely N-dealkylation sites (tertiary alicyclic amines) is 1. The maximum atomic E-state index is 12.8. The number of amides is 1. The number of thiazole rings is 1. The van der Waals surface area contributed by atoms with E-state index in [0.717, 1.165) is 62.6 Å². The van der Waals surface area contributed by atoms with Crippen LogP contribution >= 0.6 is 11.3 Å². The predicted octanol–water partition coefficient (Wildman–Crippen LogP) is 1.80. The molecule has 2 aliphatic rings. The quantitative estimate of drug-likeness (QED) is 0.528. The van der Waals surface area contributed by atoms with E-state index in [9.17, 15) is 4.79 Å². The zero-order chi connectivity index (χ0) is 22.4. The number of hydrogen-bond acceptors (Lipinski definition) is 6. The van der Waals surface area contributed by atoms with E-state index in [2.05, 4.69) is 51.2 Å². The molecule has 0 bridgehead atoms. The first kappa shape index (κ1) is 23.8. The van der Waals surface area contributed by atoms with Crippen molar-refractivity contribution in [2.45, 2.75) is 33.7 Å². The smallest absolute Gasteiger partial charge is 0.236 e. The Labute approximate surface area is 191 Å². The molecule has 2 aliphatic heterocycles. The first-order valence-electron chi connectivity index (χ1n) is 11.5. The van der Waals surface area contributed by atoms with Gasteiger partial charge in [-0.25, -0.2) is 9.98 Å². The zero-order valence-corrected chi connectivity index (χ0v) is 20.6. The molecule has 2 saturated heterocycles. The van der Waals surface area contributed by atoms with Crippen LogP contribution in [0.4, 0.5) is 5.13 Å². The maximum Gasteiger partial charge on any atom is 0.236 e. The summed E-state index contributed by atoms with van der Waals surface area (Å²) < 4.78 is 0. The van der Waals surface area contributed by atoms with Crippen LogP contribution in [-0.4, -0.2) is 98.0 Å². The highest BCUT2D eigenvalue weighted by Gasteiger charge is 2.28. The number of piperidine rings is 1. The van der Waals surface area contributed by atoms with Crippen LogP contribution in [0.3, 0.4) is 0 Å². The van der Waals surface area contributed by atoms with Gasteiger partial charge in [0.15, 0.2) is 11.1 Å². The van der Waals surface area contributed by atoms with Gasteiger partial charge in [-0.3, -0.25) is 9.69 Å². The first-order chi connectivity index (χ1) is 14.9. The Morgan fingerprint density at radius 3 is 2.45 bits per heavy atom. The number of aliphatic imine (C=N–C) groups is 1. The minimum atomic E-state index is 0.285. The van der Waals surface area contributed by atoms with Crippen molar-refractivity contribution in [3.05, 3.63) is 11.1 Å². The summed E-state index contributed by atoms with van der Waals surface area (Å²) in [5, 5.41) is 6.50. The van der Waals surface area contributed by atoms with Gasteiger partial charge in [0.1, 0.15) is 0 Å². The van der Waals surface area contributed by atoms with Gasteiger partial charge >= 0.3 is 0 Å². The largest absolute Gasteiger partial charge is 0.357 e. The van der Waals surface area contributed by atoms with Crippen molar-refractivity contribution in [1.82, 2.24) is 25.0 Å². The van der Waals surface area contributed by atoms with E-state index in [-0.39, 0.29) is 5.91 Å². The van der Waals surface area contributed by atoms with Crippen LogP contribution in [0.15, 0.2) is 10.4 Å². The molecule has 31 heavy (non-hydrogen) atoms. The summed E-state index contributed by atoms with van der Waals surface area (Å²) in [4.78, 5) is 30.9. The monoisotopic (exact) mass is 449 g/mol. The fourth-order valence-electron chi connectivity index (χ4n) is 4.43. The van der Waals surface area contributed by atoms with Crippen molar-refractivity contribution in [2.24, 2.45) is 16.8 Å². The minimum absolute atomic E-state index is 0.285. The Kier molecular flexibility index (Phi) is 8.54. The molecule has 0 aliphatic carbocycles. The number of guanidine groups is 1. The summed E-state index contributed by atoms with van der Waals surface area (Å²) in [5.41, 5.74) is 0.998. The van der Waals surface area contributed by atoms with Crippen LogP contribution < -0.4 is 10.2 Å². The number of nitrogens with one attached hydrogen (secondary N) is 1. The number of carbonyl (C=O) groups excluding carboxylic acids is 1. The van der Waals surface area contributed by atoms with Crippen molar-refractivity contribution < 1.29 is 4.79 Å². The lowest BCUT2D eigenvalue weighted by atomic mass is 9.92. The van der Waals surface area contributed by atoms with Crippen LogP contribution in [0.25, 0.3) is 0 Å². The number of carbonyl (C=O) groups is 1. The number of piperazine rings is 1. The van der Waals surface area contributed by atoms with Gasteiger partial charge in [-0.15, -0.1) is 11.3 Å². The lowest BCUT2D eigenvalue weighted by molar-refractivity contribution is -0.135. The average molecular weight is 450 g/mol. The van der Waals surface area contributed by atoms with Gasteiger partial charge in [0.2, 0.25) is 5.91 Å². The minimum Gasteiger partial charge on any atom is -0.357 e. The Hall–Kier alpha value is -1.87. The molecule has 2 unspecified atom stereocenters. The average Bonchev–Trinajstić information content (AvgIpc) is 3.20. The SMILES string of the molecule is CCNC(=NCc1csc(N(C)C)n1)N1CCN(CC(=O)N2CC(C)CC(C)C2)CC1. The van der Waals surface area contributed by atoms with E-state index >= 15 is 0 Å². The number of aromatic nitrogens is 1. The molecule has 1 aromatic rings. The van der Waals surface area contributed by atoms with Crippen LogP contribution in [0.2, 0.25) is 0 Å². The highest BCUT2D eigenvalue weighted by Crippen LogP contribution is 2.21. The van der Waals surface area contributed by atoms with E-state index in [1.807, 2.05) is 19.0 Å². The number of rotatable bonds is 6. The molecule has 2 atom stereocenters. The van der Waals surface area contributed by atoms with Gasteiger partial charge in [-0.2, -0.15) is 0 Å². The van der Waals surface area contributed by atoms with Crippen molar-refractivity contribution in [3.8, 4) is 0 Å². The second-order valence-electron chi connectivity index (χ2n) is 9.19. The van der Waals surface area contributed by atoms with Gasteiger partial charge < -0.3 is 20.0 Å². The first-order valence-corrected chi connectivity index (χ1v) is 12.4. The maximum absolute atomic E-state index is 12.8. The molecule has 0 radical (unpaired) electrons. The molecule has 3 heterocycles. The number of anilines is 1. The molecule has 0 saturated carbocycles. The van der Waals surface area contributed by atoms with Gasteiger partial charge in [-0.05, 0) is 25.2 Å². The third kappa shape index (κ3) is 6.80. The topological polar surface area (TPSA) is 67.3 Å². The molecule has 0 spiro atoms. The summed E-state index contributed by atoms with van der Waals surface area (Å²) in [7, 11) is 4.01. The Morgan fingerprint density at radius 2 is 1.87 bits per heavy atom. The second kappa shape index (κ2) is 11.1. The molecule has 0 aromatic carbocycles. The van der Waals surface area contributed by atoms with E-state index in [1.165, 1.54) is 6.42 Å². The summed E-state index contributed by atoms with van der Waals surface area (Å²) in [5.74, 6) is 2.43. The van der Waals surface area contributed by atoms with Gasteiger partial charge in [0.05, 0.1) is 18.8 Å². The Bertz CT molecular complexity index is 732. The van der Waals surface area contributed by atoms with Crippen molar-refractivity contribution in [3.63, 3.8) is 0 Å². The molecular weight excluding hydrogens is 410 g/mol. The van der Waals surface area contributed by atoms with Crippen LogP contribution in [0, 0.1) is 11.8 Å². The van der Waals surface area contributed by atoms with Crippen LogP contribution in [0.5, 0.6) is 0 Å². The third-order valence-electron chi connectivity index (χ3n) is 5.90. The van der Waals surface area contributed by atoms with Crippen LogP contribution in [-0.2, 0) is 11.3 Å². The van der Waals surface area contributed by atoms with E-state index in [4.69, 9.17) is 4.99 Å². The third-order valence-corrected chi connectivity index (χ3v) is 6.96. The standard InChI is InChI=1S/C22H39N7OS/c1-6-23-21(24-12-19-16-31-22(25-19)26(4)5)28-9-7-27(8-10-28)15-20(30)29-13-17(2)11-18(3)14-29/h16-18H,6-15H2,1-5H3,(H,23,24). The molecule has 174 valence electrons. The Balaban J connectivity index is 1.50. The van der Waals surface area contributed by atoms with Gasteiger partial charge in [0, 0.05) is 65.3 Å². The van der Waals surface area contributed by atoms with E-state index in [1.54, 1.807) is 11.3 Å². The summed E-state index contributed by atoms with van der Waals surface area (Å²) in [6.45, 7) is 13.9. The Morgan fingerprint density at radius 1 is 1.19 bits per heavy atom. The fourth-order valence-corrected chi connectivity index (χ4v) is 5.18. The highest BCUT2D eigenvalue weighted by atomic mass is 32.1. The predicted molar refractivity (Wildman–Crippen MR) is 129 cm³/mol. The number of hydrogen-bond donors (Lipinski definition) is 1. The van der Waals surface area contributed by atoms with E-state index < -0.39 is 0 Å². The molecule has 2 fully saturated rings. The normalized spacial score (nSPS) is 23.2. The van der Waals surface area contributed by atoms with Crippen molar-refractivity contribution in [2.75, 3.05) is 71.4 Å². The molecule has 8 nitrogen and oxygen atoms in total.